The summed E-state index contributed by atoms with van der Waals surface area (Å²) >= 11 is 1.61. The van der Waals surface area contributed by atoms with Crippen molar-refractivity contribution in [2.45, 2.75) is 33.9 Å². The molecule has 19 heavy (non-hydrogen) atoms. The van der Waals surface area contributed by atoms with Crippen LogP contribution in [0.1, 0.15) is 29.1 Å². The number of anilines is 1. The maximum Gasteiger partial charge on any atom is 0.221 e. The molecular weight excluding hydrogens is 262 g/mol. The second-order valence-electron chi connectivity index (χ2n) is 4.29. The first-order chi connectivity index (χ1) is 9.06. The Balaban J connectivity index is 1.89. The van der Waals surface area contributed by atoms with Gasteiger partial charge in [0.05, 0.1) is 17.9 Å². The second-order valence-corrected chi connectivity index (χ2v) is 5.29. The molecule has 2 heterocycles. The van der Waals surface area contributed by atoms with E-state index in [0.717, 1.165) is 22.0 Å². The molecule has 0 unspecified atom stereocenters. The molecule has 0 aliphatic heterocycles. The van der Waals surface area contributed by atoms with Crippen molar-refractivity contribution in [2.24, 2.45) is 0 Å². The minimum Gasteiger partial charge on any atom is -0.444 e. The fourth-order valence-corrected chi connectivity index (χ4v) is 2.48. The molecule has 0 aromatic carbocycles. The summed E-state index contributed by atoms with van der Waals surface area (Å²) in [5.74, 6) is 1.48. The van der Waals surface area contributed by atoms with E-state index >= 15 is 0 Å². The molecule has 0 fully saturated rings. The first-order valence-corrected chi connectivity index (χ1v) is 6.92. The van der Waals surface area contributed by atoms with E-state index in [2.05, 4.69) is 15.6 Å². The summed E-state index contributed by atoms with van der Waals surface area (Å²) in [5.41, 5.74) is 1.79. The standard InChI is InChI=1S/C13H17N3O2S/c1-8-9(2)18-13(15-8)7-14-6-12-11(4-5-19-12)16-10(3)17/h4-5,14H,6-7H2,1-3H3,(H,16,17). The average Bonchev–Trinajstić information content (AvgIpc) is 2.87. The summed E-state index contributed by atoms with van der Waals surface area (Å²) < 4.78 is 5.49. The highest BCUT2D eigenvalue weighted by molar-refractivity contribution is 7.10. The van der Waals surface area contributed by atoms with Gasteiger partial charge in [-0.2, -0.15) is 0 Å². The number of hydrogen-bond acceptors (Lipinski definition) is 5. The Hall–Kier alpha value is -1.66. The lowest BCUT2D eigenvalue weighted by atomic mass is 10.3. The highest BCUT2D eigenvalue weighted by Gasteiger charge is 2.07. The zero-order chi connectivity index (χ0) is 13.8. The van der Waals surface area contributed by atoms with Crippen molar-refractivity contribution < 1.29 is 9.21 Å². The molecule has 2 N–H and O–H groups in total. The molecule has 2 aromatic heterocycles. The van der Waals surface area contributed by atoms with Crippen LogP contribution in [0.3, 0.4) is 0 Å². The van der Waals surface area contributed by atoms with Crippen LogP contribution >= 0.6 is 11.3 Å². The molecule has 0 spiro atoms. The zero-order valence-corrected chi connectivity index (χ0v) is 12.1. The number of hydrogen-bond donors (Lipinski definition) is 2. The van der Waals surface area contributed by atoms with Gasteiger partial charge in [0.15, 0.2) is 0 Å². The molecule has 0 saturated carbocycles. The van der Waals surface area contributed by atoms with Crippen LogP contribution in [0.4, 0.5) is 5.69 Å². The van der Waals surface area contributed by atoms with Crippen molar-refractivity contribution in [1.29, 1.82) is 0 Å². The van der Waals surface area contributed by atoms with Gasteiger partial charge in [-0.05, 0) is 25.3 Å². The molecule has 5 nitrogen and oxygen atoms in total. The van der Waals surface area contributed by atoms with E-state index < -0.39 is 0 Å². The molecule has 2 aromatic rings. The third kappa shape index (κ3) is 3.65. The third-order valence-corrected chi connectivity index (χ3v) is 3.61. The molecule has 2 rings (SSSR count). The van der Waals surface area contributed by atoms with Crippen molar-refractivity contribution in [3.05, 3.63) is 33.7 Å². The van der Waals surface area contributed by atoms with Crippen molar-refractivity contribution in [3.63, 3.8) is 0 Å². The monoisotopic (exact) mass is 279 g/mol. The van der Waals surface area contributed by atoms with E-state index in [1.54, 1.807) is 11.3 Å². The summed E-state index contributed by atoms with van der Waals surface area (Å²) in [5, 5.41) is 8.03. The van der Waals surface area contributed by atoms with E-state index in [-0.39, 0.29) is 5.91 Å². The summed E-state index contributed by atoms with van der Waals surface area (Å²) in [6.07, 6.45) is 0. The number of aromatic nitrogens is 1. The molecule has 0 aliphatic carbocycles. The summed E-state index contributed by atoms with van der Waals surface area (Å²) in [6.45, 7) is 6.59. The van der Waals surface area contributed by atoms with Gasteiger partial charge in [0.1, 0.15) is 5.76 Å². The minimum absolute atomic E-state index is 0.0569. The Morgan fingerprint density at radius 1 is 1.42 bits per heavy atom. The predicted molar refractivity (Wildman–Crippen MR) is 75.1 cm³/mol. The Labute approximate surface area is 116 Å². The number of nitrogens with one attached hydrogen (secondary N) is 2. The van der Waals surface area contributed by atoms with Gasteiger partial charge < -0.3 is 15.1 Å². The topological polar surface area (TPSA) is 67.2 Å². The largest absolute Gasteiger partial charge is 0.444 e. The van der Waals surface area contributed by atoms with E-state index in [4.69, 9.17) is 4.42 Å². The number of thiophene rings is 1. The smallest absolute Gasteiger partial charge is 0.221 e. The van der Waals surface area contributed by atoms with Gasteiger partial charge in [-0.1, -0.05) is 0 Å². The van der Waals surface area contributed by atoms with E-state index in [0.29, 0.717) is 19.0 Å². The molecule has 102 valence electrons. The minimum atomic E-state index is -0.0569. The van der Waals surface area contributed by atoms with Crippen molar-refractivity contribution in [2.75, 3.05) is 5.32 Å². The van der Waals surface area contributed by atoms with Gasteiger partial charge in [-0.15, -0.1) is 11.3 Å². The van der Waals surface area contributed by atoms with Crippen molar-refractivity contribution in [3.8, 4) is 0 Å². The summed E-state index contributed by atoms with van der Waals surface area (Å²) in [7, 11) is 0. The Bertz CT molecular complexity index is 555. The molecule has 0 radical (unpaired) electrons. The maximum absolute atomic E-state index is 11.0. The highest BCUT2D eigenvalue weighted by Crippen LogP contribution is 2.22. The predicted octanol–water partition coefficient (Wildman–Crippen LogP) is 2.60. The Morgan fingerprint density at radius 2 is 2.21 bits per heavy atom. The van der Waals surface area contributed by atoms with Crippen LogP contribution in [-0.4, -0.2) is 10.9 Å². The number of aryl methyl sites for hydroxylation is 2. The molecule has 0 bridgehead atoms. The highest BCUT2D eigenvalue weighted by atomic mass is 32.1. The maximum atomic E-state index is 11.0. The normalized spacial score (nSPS) is 10.7. The number of carbonyl (C=O) groups is 1. The van der Waals surface area contributed by atoms with Crippen LogP contribution in [0, 0.1) is 13.8 Å². The van der Waals surface area contributed by atoms with Crippen LogP contribution < -0.4 is 10.6 Å². The second kappa shape index (κ2) is 5.99. The number of rotatable bonds is 5. The Kier molecular flexibility index (Phi) is 4.34. The van der Waals surface area contributed by atoms with Crippen LogP contribution in [0.5, 0.6) is 0 Å². The van der Waals surface area contributed by atoms with Crippen LogP contribution in [-0.2, 0) is 17.9 Å². The van der Waals surface area contributed by atoms with Gasteiger partial charge in [-0.3, -0.25) is 4.79 Å². The average molecular weight is 279 g/mol. The van der Waals surface area contributed by atoms with E-state index in [9.17, 15) is 4.79 Å². The number of nitrogens with zero attached hydrogens (tertiary/aromatic N) is 1. The van der Waals surface area contributed by atoms with Crippen LogP contribution in [0.25, 0.3) is 0 Å². The molecule has 0 atom stereocenters. The zero-order valence-electron chi connectivity index (χ0n) is 11.2. The third-order valence-electron chi connectivity index (χ3n) is 2.69. The van der Waals surface area contributed by atoms with Gasteiger partial charge in [0.2, 0.25) is 11.8 Å². The molecule has 0 saturated heterocycles. The first-order valence-electron chi connectivity index (χ1n) is 6.04. The quantitative estimate of drug-likeness (QED) is 0.883. The number of amides is 1. The number of oxazole rings is 1. The van der Waals surface area contributed by atoms with E-state index in [1.165, 1.54) is 6.92 Å². The molecule has 6 heteroatoms. The lowest BCUT2D eigenvalue weighted by Crippen LogP contribution is -2.14. The van der Waals surface area contributed by atoms with Crippen LogP contribution in [0.2, 0.25) is 0 Å². The summed E-state index contributed by atoms with van der Waals surface area (Å²) in [4.78, 5) is 16.4. The first kappa shape index (κ1) is 13.8. The number of carbonyl (C=O) groups excluding carboxylic acids is 1. The fraction of sp³-hybridized carbons (Fsp3) is 0.385. The molecule has 1 amide bonds. The van der Waals surface area contributed by atoms with Gasteiger partial charge in [-0.25, -0.2) is 4.98 Å². The van der Waals surface area contributed by atoms with Crippen molar-refractivity contribution >= 4 is 22.9 Å². The molecular formula is C13H17N3O2S. The lowest BCUT2D eigenvalue weighted by molar-refractivity contribution is -0.114. The fourth-order valence-electron chi connectivity index (χ4n) is 1.68. The Morgan fingerprint density at radius 3 is 2.84 bits per heavy atom. The lowest BCUT2D eigenvalue weighted by Gasteiger charge is -2.04. The van der Waals surface area contributed by atoms with Gasteiger partial charge in [0.25, 0.3) is 0 Å². The van der Waals surface area contributed by atoms with Gasteiger partial charge >= 0.3 is 0 Å². The van der Waals surface area contributed by atoms with Crippen LogP contribution in [0.15, 0.2) is 15.9 Å². The SMILES string of the molecule is CC(=O)Nc1ccsc1CNCc1nc(C)c(C)o1. The summed E-state index contributed by atoms with van der Waals surface area (Å²) in [6, 6.07) is 1.91. The van der Waals surface area contributed by atoms with E-state index in [1.807, 2.05) is 25.3 Å². The van der Waals surface area contributed by atoms with Gasteiger partial charge in [0, 0.05) is 18.3 Å². The molecule has 0 aliphatic rings. The van der Waals surface area contributed by atoms with Crippen molar-refractivity contribution in [1.82, 2.24) is 10.3 Å².